The minimum atomic E-state index is 0.395. The molecule has 2 atom stereocenters. The molecule has 1 N–H and O–H groups in total. The maximum Gasteiger partial charge on any atom is 0.124 e. The molecule has 0 spiro atoms. The van der Waals surface area contributed by atoms with Gasteiger partial charge in [-0.05, 0) is 18.2 Å². The molecule has 1 aliphatic heterocycles. The average Bonchev–Trinajstić information content (AvgIpc) is 2.54. The Morgan fingerprint density at radius 3 is 2.71 bits per heavy atom. The maximum atomic E-state index is 5.80. The second-order valence-electron chi connectivity index (χ2n) is 5.42. The minimum Gasteiger partial charge on any atom is -0.493 e. The van der Waals surface area contributed by atoms with E-state index in [0.29, 0.717) is 12.0 Å². The maximum absolute atomic E-state index is 5.80. The molecular formula is C18H21NOS. The zero-order chi connectivity index (χ0) is 14.5. The van der Waals surface area contributed by atoms with Crippen molar-refractivity contribution in [3.63, 3.8) is 0 Å². The van der Waals surface area contributed by atoms with Crippen LogP contribution in [0, 0.1) is 5.92 Å². The molecule has 0 aromatic heterocycles. The van der Waals surface area contributed by atoms with Gasteiger partial charge in [0, 0.05) is 34.7 Å². The highest BCUT2D eigenvalue weighted by Gasteiger charge is 2.26. The van der Waals surface area contributed by atoms with Gasteiger partial charge in [0.15, 0.2) is 0 Å². The largest absolute Gasteiger partial charge is 0.493 e. The number of thioether (sulfide) groups is 1. The summed E-state index contributed by atoms with van der Waals surface area (Å²) in [6.07, 6.45) is 0. The van der Waals surface area contributed by atoms with E-state index in [9.17, 15) is 0 Å². The monoisotopic (exact) mass is 299 g/mol. The van der Waals surface area contributed by atoms with Crippen molar-refractivity contribution in [2.75, 3.05) is 18.9 Å². The van der Waals surface area contributed by atoms with Gasteiger partial charge in [-0.3, -0.25) is 0 Å². The first kappa shape index (κ1) is 14.5. The van der Waals surface area contributed by atoms with Crippen molar-refractivity contribution < 1.29 is 4.74 Å². The lowest BCUT2D eigenvalue weighted by Gasteiger charge is -2.32. The molecule has 2 aromatic rings. The van der Waals surface area contributed by atoms with Crippen LogP contribution in [0.5, 0.6) is 5.75 Å². The van der Waals surface area contributed by atoms with Crippen LogP contribution in [-0.2, 0) is 0 Å². The van der Waals surface area contributed by atoms with Crippen LogP contribution in [0.1, 0.15) is 18.5 Å². The van der Waals surface area contributed by atoms with Crippen LogP contribution in [0.25, 0.3) is 0 Å². The number of rotatable bonds is 5. The van der Waals surface area contributed by atoms with Gasteiger partial charge in [0.05, 0.1) is 6.61 Å². The third kappa shape index (κ3) is 3.60. The van der Waals surface area contributed by atoms with Crippen molar-refractivity contribution >= 4 is 11.8 Å². The van der Waals surface area contributed by atoms with E-state index in [1.165, 1.54) is 10.5 Å². The Balaban J connectivity index is 1.55. The molecule has 2 nitrogen and oxygen atoms in total. The predicted octanol–water partition coefficient (Wildman–Crippen LogP) is 4.14. The summed E-state index contributed by atoms with van der Waals surface area (Å²) in [5.74, 6) is 2.61. The Morgan fingerprint density at radius 2 is 1.86 bits per heavy atom. The molecule has 3 rings (SSSR count). The first-order valence-corrected chi connectivity index (χ1v) is 8.46. The normalized spacial score (nSPS) is 20.6. The molecule has 2 unspecified atom stereocenters. The fourth-order valence-corrected chi connectivity index (χ4v) is 3.51. The summed E-state index contributed by atoms with van der Waals surface area (Å²) in [5, 5.41) is 3.70. The molecule has 2 aromatic carbocycles. The molecule has 0 radical (unpaired) electrons. The molecule has 3 heteroatoms. The van der Waals surface area contributed by atoms with Gasteiger partial charge in [0.25, 0.3) is 0 Å². The summed E-state index contributed by atoms with van der Waals surface area (Å²) in [4.78, 5) is 1.33. The molecule has 0 amide bonds. The first-order chi connectivity index (χ1) is 10.3. The van der Waals surface area contributed by atoms with E-state index in [1.54, 1.807) is 0 Å². The lowest BCUT2D eigenvalue weighted by molar-refractivity contribution is 0.190. The van der Waals surface area contributed by atoms with Gasteiger partial charge < -0.3 is 10.1 Å². The number of ether oxygens (including phenoxy) is 1. The topological polar surface area (TPSA) is 21.3 Å². The van der Waals surface area contributed by atoms with Crippen molar-refractivity contribution in [1.82, 2.24) is 5.32 Å². The van der Waals surface area contributed by atoms with Gasteiger partial charge in [-0.2, -0.15) is 0 Å². The summed E-state index contributed by atoms with van der Waals surface area (Å²) in [7, 11) is 0. The average molecular weight is 299 g/mol. The summed E-state index contributed by atoms with van der Waals surface area (Å²) in [5.41, 5.74) is 1.29. The molecule has 110 valence electrons. The fraction of sp³-hybridized carbons (Fsp3) is 0.333. The van der Waals surface area contributed by atoms with Crippen LogP contribution in [0.15, 0.2) is 59.5 Å². The zero-order valence-electron chi connectivity index (χ0n) is 12.3. The molecule has 0 saturated heterocycles. The van der Waals surface area contributed by atoms with E-state index < -0.39 is 0 Å². The van der Waals surface area contributed by atoms with E-state index in [2.05, 4.69) is 60.8 Å². The van der Waals surface area contributed by atoms with E-state index >= 15 is 0 Å². The van der Waals surface area contributed by atoms with Gasteiger partial charge in [0.2, 0.25) is 0 Å². The molecule has 0 bridgehead atoms. The summed E-state index contributed by atoms with van der Waals surface area (Å²) in [6, 6.07) is 19.3. The minimum absolute atomic E-state index is 0.395. The molecule has 0 aliphatic carbocycles. The van der Waals surface area contributed by atoms with Gasteiger partial charge in [-0.25, -0.2) is 0 Å². The van der Waals surface area contributed by atoms with E-state index in [-0.39, 0.29) is 0 Å². The lowest BCUT2D eigenvalue weighted by Crippen LogP contribution is -2.35. The van der Waals surface area contributed by atoms with Crippen LogP contribution in [0.4, 0.5) is 0 Å². The van der Waals surface area contributed by atoms with Crippen molar-refractivity contribution in [1.29, 1.82) is 0 Å². The Hall–Kier alpha value is -1.45. The Bertz CT molecular complexity index is 572. The molecule has 0 fully saturated rings. The molecule has 1 aliphatic rings. The second kappa shape index (κ2) is 7.01. The summed E-state index contributed by atoms with van der Waals surface area (Å²) in [6.45, 7) is 4.04. The summed E-state index contributed by atoms with van der Waals surface area (Å²) >= 11 is 1.90. The number of nitrogens with one attached hydrogen (secondary N) is 1. The third-order valence-corrected chi connectivity index (χ3v) is 4.82. The van der Waals surface area contributed by atoms with Gasteiger partial charge in [-0.1, -0.05) is 43.3 Å². The highest BCUT2D eigenvalue weighted by atomic mass is 32.2. The van der Waals surface area contributed by atoms with Crippen LogP contribution >= 0.6 is 11.8 Å². The predicted molar refractivity (Wildman–Crippen MR) is 89.0 cm³/mol. The molecule has 0 saturated carbocycles. The lowest BCUT2D eigenvalue weighted by atomic mass is 9.92. The Labute approximate surface area is 130 Å². The zero-order valence-corrected chi connectivity index (χ0v) is 13.1. The number of hydrogen-bond donors (Lipinski definition) is 1. The standard InChI is InChI=1S/C18H21NOS/c1-14-13-20-17-10-6-5-9-16(17)18(14)19-11-12-21-15-7-3-2-4-8-15/h2-10,14,18-19H,11-13H2,1H3. The van der Waals surface area contributed by atoms with Crippen molar-refractivity contribution in [3.8, 4) is 5.75 Å². The molecular weight excluding hydrogens is 278 g/mol. The summed E-state index contributed by atoms with van der Waals surface area (Å²) < 4.78 is 5.80. The van der Waals surface area contributed by atoms with Crippen molar-refractivity contribution in [3.05, 3.63) is 60.2 Å². The number of hydrogen-bond acceptors (Lipinski definition) is 3. The van der Waals surface area contributed by atoms with Crippen LogP contribution in [0.3, 0.4) is 0 Å². The quantitative estimate of drug-likeness (QED) is 0.662. The highest BCUT2D eigenvalue weighted by Crippen LogP contribution is 2.34. The smallest absolute Gasteiger partial charge is 0.124 e. The van der Waals surface area contributed by atoms with Crippen LogP contribution < -0.4 is 10.1 Å². The number of fused-ring (bicyclic) bond motifs is 1. The van der Waals surface area contributed by atoms with E-state index in [1.807, 2.05) is 17.8 Å². The van der Waals surface area contributed by atoms with Gasteiger partial charge in [0.1, 0.15) is 5.75 Å². The SMILES string of the molecule is CC1COc2ccccc2C1NCCSc1ccccc1. The van der Waals surface area contributed by atoms with Crippen LogP contribution in [0.2, 0.25) is 0 Å². The van der Waals surface area contributed by atoms with Gasteiger partial charge in [-0.15, -0.1) is 11.8 Å². The first-order valence-electron chi connectivity index (χ1n) is 7.47. The highest BCUT2D eigenvalue weighted by molar-refractivity contribution is 7.99. The third-order valence-electron chi connectivity index (χ3n) is 3.80. The molecule has 1 heterocycles. The number of para-hydroxylation sites is 1. The number of benzene rings is 2. The Morgan fingerprint density at radius 1 is 1.10 bits per heavy atom. The van der Waals surface area contributed by atoms with Crippen LogP contribution in [-0.4, -0.2) is 18.9 Å². The van der Waals surface area contributed by atoms with E-state index in [0.717, 1.165) is 24.7 Å². The van der Waals surface area contributed by atoms with Crippen molar-refractivity contribution in [2.45, 2.75) is 17.9 Å². The second-order valence-corrected chi connectivity index (χ2v) is 6.59. The fourth-order valence-electron chi connectivity index (χ4n) is 2.70. The van der Waals surface area contributed by atoms with Crippen molar-refractivity contribution in [2.24, 2.45) is 5.92 Å². The Kier molecular flexibility index (Phi) is 4.84. The molecule has 21 heavy (non-hydrogen) atoms. The van der Waals surface area contributed by atoms with Gasteiger partial charge >= 0.3 is 0 Å². The van der Waals surface area contributed by atoms with E-state index in [4.69, 9.17) is 4.74 Å².